The minimum absolute atomic E-state index is 0.153. The van der Waals surface area contributed by atoms with Crippen LogP contribution in [-0.2, 0) is 11.3 Å². The van der Waals surface area contributed by atoms with Crippen LogP contribution in [0.5, 0.6) is 0 Å². The first kappa shape index (κ1) is 13.0. The van der Waals surface area contributed by atoms with Gasteiger partial charge in [0.15, 0.2) is 0 Å². The van der Waals surface area contributed by atoms with Crippen molar-refractivity contribution in [3.63, 3.8) is 0 Å². The van der Waals surface area contributed by atoms with Gasteiger partial charge in [0.05, 0.1) is 5.92 Å². The third-order valence-corrected chi connectivity index (χ3v) is 3.46. The molecule has 4 heteroatoms. The molecule has 1 aromatic rings. The quantitative estimate of drug-likeness (QED) is 0.875. The lowest BCUT2D eigenvalue weighted by atomic mass is 9.98. The van der Waals surface area contributed by atoms with Crippen molar-refractivity contribution in [3.05, 3.63) is 30.1 Å². The van der Waals surface area contributed by atoms with Gasteiger partial charge in [0.25, 0.3) is 0 Å². The van der Waals surface area contributed by atoms with Gasteiger partial charge in [0.1, 0.15) is 0 Å². The molecule has 0 spiro atoms. The molecule has 0 aromatic carbocycles. The summed E-state index contributed by atoms with van der Waals surface area (Å²) in [6, 6.07) is 3.93. The van der Waals surface area contributed by atoms with Gasteiger partial charge in [-0.2, -0.15) is 0 Å². The Morgan fingerprint density at radius 1 is 1.50 bits per heavy atom. The van der Waals surface area contributed by atoms with E-state index in [0.717, 1.165) is 38.0 Å². The molecular formula is C14H21N3O. The van der Waals surface area contributed by atoms with Crippen LogP contribution in [0.2, 0.25) is 0 Å². The normalized spacial score (nSPS) is 19.5. The predicted octanol–water partition coefficient (Wildman–Crippen LogP) is 1.43. The second-order valence-electron chi connectivity index (χ2n) is 4.75. The predicted molar refractivity (Wildman–Crippen MR) is 70.9 cm³/mol. The number of aromatic nitrogens is 1. The molecule has 1 atom stereocenters. The van der Waals surface area contributed by atoms with E-state index in [-0.39, 0.29) is 11.8 Å². The maximum Gasteiger partial charge on any atom is 0.227 e. The van der Waals surface area contributed by atoms with E-state index in [1.54, 1.807) is 12.4 Å². The fourth-order valence-electron chi connectivity index (χ4n) is 2.37. The highest BCUT2D eigenvalue weighted by molar-refractivity contribution is 5.79. The van der Waals surface area contributed by atoms with Gasteiger partial charge >= 0.3 is 0 Å². The SMILES string of the molecule is CCN(Cc1ccncc1)C(=O)C1CCCNC1. The smallest absolute Gasteiger partial charge is 0.227 e. The van der Waals surface area contributed by atoms with Gasteiger partial charge in [-0.25, -0.2) is 0 Å². The number of amides is 1. The van der Waals surface area contributed by atoms with Crippen molar-refractivity contribution in [1.29, 1.82) is 0 Å². The third kappa shape index (κ3) is 3.29. The van der Waals surface area contributed by atoms with Gasteiger partial charge in [-0.1, -0.05) is 0 Å². The summed E-state index contributed by atoms with van der Waals surface area (Å²) in [6.07, 6.45) is 5.66. The molecule has 1 fully saturated rings. The summed E-state index contributed by atoms with van der Waals surface area (Å²) < 4.78 is 0. The lowest BCUT2D eigenvalue weighted by Crippen LogP contribution is -2.42. The number of pyridine rings is 1. The molecule has 1 unspecified atom stereocenters. The van der Waals surface area contributed by atoms with Gasteiger partial charge in [-0.05, 0) is 44.0 Å². The van der Waals surface area contributed by atoms with Gasteiger partial charge in [0.2, 0.25) is 5.91 Å². The van der Waals surface area contributed by atoms with Crippen LogP contribution in [0.15, 0.2) is 24.5 Å². The Labute approximate surface area is 108 Å². The molecule has 0 bridgehead atoms. The minimum Gasteiger partial charge on any atom is -0.338 e. The summed E-state index contributed by atoms with van der Waals surface area (Å²) in [4.78, 5) is 18.3. The standard InChI is InChI=1S/C14H21N3O/c1-2-17(11-12-5-8-15-9-6-12)14(18)13-4-3-7-16-10-13/h5-6,8-9,13,16H,2-4,7,10-11H2,1H3. The molecule has 18 heavy (non-hydrogen) atoms. The van der Waals surface area contributed by atoms with E-state index in [0.29, 0.717) is 6.54 Å². The highest BCUT2D eigenvalue weighted by Gasteiger charge is 2.24. The number of nitrogens with zero attached hydrogens (tertiary/aromatic N) is 2. The summed E-state index contributed by atoms with van der Waals surface area (Å²) in [7, 11) is 0. The number of carbonyl (C=O) groups is 1. The molecule has 1 N–H and O–H groups in total. The average molecular weight is 247 g/mol. The fraction of sp³-hybridized carbons (Fsp3) is 0.571. The Morgan fingerprint density at radius 3 is 2.89 bits per heavy atom. The van der Waals surface area contributed by atoms with Crippen LogP contribution in [0.4, 0.5) is 0 Å². The topological polar surface area (TPSA) is 45.2 Å². The summed E-state index contributed by atoms with van der Waals surface area (Å²) in [5.41, 5.74) is 1.14. The zero-order valence-electron chi connectivity index (χ0n) is 10.9. The van der Waals surface area contributed by atoms with Crippen molar-refractivity contribution in [2.75, 3.05) is 19.6 Å². The van der Waals surface area contributed by atoms with Gasteiger partial charge in [0, 0.05) is 32.0 Å². The second-order valence-corrected chi connectivity index (χ2v) is 4.75. The zero-order valence-corrected chi connectivity index (χ0v) is 10.9. The van der Waals surface area contributed by atoms with E-state index < -0.39 is 0 Å². The maximum absolute atomic E-state index is 12.4. The molecule has 1 amide bonds. The Hall–Kier alpha value is -1.42. The first-order chi connectivity index (χ1) is 8.81. The third-order valence-electron chi connectivity index (χ3n) is 3.46. The Bertz CT molecular complexity index is 374. The van der Waals surface area contributed by atoms with Crippen LogP contribution in [0, 0.1) is 5.92 Å². The van der Waals surface area contributed by atoms with E-state index in [1.165, 1.54) is 0 Å². The summed E-state index contributed by atoms with van der Waals surface area (Å²) in [6.45, 7) is 5.35. The molecule has 1 aromatic heterocycles. The van der Waals surface area contributed by atoms with Crippen molar-refractivity contribution in [2.24, 2.45) is 5.92 Å². The fourth-order valence-corrected chi connectivity index (χ4v) is 2.37. The maximum atomic E-state index is 12.4. The van der Waals surface area contributed by atoms with Gasteiger partial charge < -0.3 is 10.2 Å². The number of rotatable bonds is 4. The summed E-state index contributed by atoms with van der Waals surface area (Å²) in [5.74, 6) is 0.432. The molecular weight excluding hydrogens is 226 g/mol. The van der Waals surface area contributed by atoms with Crippen molar-refractivity contribution in [2.45, 2.75) is 26.3 Å². The number of carbonyl (C=O) groups excluding carboxylic acids is 1. The lowest BCUT2D eigenvalue weighted by molar-refractivity contribution is -0.136. The molecule has 1 saturated heterocycles. The van der Waals surface area contributed by atoms with Crippen LogP contribution in [0.25, 0.3) is 0 Å². The molecule has 0 aliphatic carbocycles. The van der Waals surface area contributed by atoms with E-state index in [9.17, 15) is 4.79 Å². The van der Waals surface area contributed by atoms with Crippen LogP contribution in [0.3, 0.4) is 0 Å². The van der Waals surface area contributed by atoms with Gasteiger partial charge in [-0.3, -0.25) is 9.78 Å². The van der Waals surface area contributed by atoms with Crippen LogP contribution in [0.1, 0.15) is 25.3 Å². The second kappa shape index (κ2) is 6.50. The van der Waals surface area contributed by atoms with E-state index in [2.05, 4.69) is 10.3 Å². The van der Waals surface area contributed by atoms with Crippen molar-refractivity contribution in [1.82, 2.24) is 15.2 Å². The molecule has 0 radical (unpaired) electrons. The van der Waals surface area contributed by atoms with E-state index in [1.807, 2.05) is 24.0 Å². The van der Waals surface area contributed by atoms with Gasteiger partial charge in [-0.15, -0.1) is 0 Å². The van der Waals surface area contributed by atoms with E-state index in [4.69, 9.17) is 0 Å². The zero-order chi connectivity index (χ0) is 12.8. The first-order valence-corrected chi connectivity index (χ1v) is 6.69. The molecule has 2 rings (SSSR count). The monoisotopic (exact) mass is 247 g/mol. The van der Waals surface area contributed by atoms with Crippen molar-refractivity contribution < 1.29 is 4.79 Å². The highest BCUT2D eigenvalue weighted by atomic mass is 16.2. The highest BCUT2D eigenvalue weighted by Crippen LogP contribution is 2.15. The number of hydrogen-bond acceptors (Lipinski definition) is 3. The Balaban J connectivity index is 1.97. The molecule has 2 heterocycles. The van der Waals surface area contributed by atoms with Crippen molar-refractivity contribution in [3.8, 4) is 0 Å². The molecule has 4 nitrogen and oxygen atoms in total. The number of piperidine rings is 1. The summed E-state index contributed by atoms with van der Waals surface area (Å²) in [5, 5.41) is 3.30. The number of nitrogens with one attached hydrogen (secondary N) is 1. The van der Waals surface area contributed by atoms with E-state index >= 15 is 0 Å². The van der Waals surface area contributed by atoms with Crippen LogP contribution in [-0.4, -0.2) is 35.4 Å². The average Bonchev–Trinajstić information content (AvgIpc) is 2.46. The molecule has 98 valence electrons. The Morgan fingerprint density at radius 2 is 2.28 bits per heavy atom. The molecule has 0 saturated carbocycles. The Kier molecular flexibility index (Phi) is 4.70. The van der Waals surface area contributed by atoms with Crippen molar-refractivity contribution >= 4 is 5.91 Å². The summed E-state index contributed by atoms with van der Waals surface area (Å²) >= 11 is 0. The molecule has 1 aliphatic rings. The largest absolute Gasteiger partial charge is 0.338 e. The van der Waals surface area contributed by atoms with Crippen LogP contribution < -0.4 is 5.32 Å². The van der Waals surface area contributed by atoms with Crippen LogP contribution >= 0.6 is 0 Å². The first-order valence-electron chi connectivity index (χ1n) is 6.69. The number of hydrogen-bond donors (Lipinski definition) is 1. The lowest BCUT2D eigenvalue weighted by Gasteiger charge is -2.29. The molecule has 1 aliphatic heterocycles. The minimum atomic E-state index is 0.153.